The molecule has 3 heterocycles. The number of nitrogen functional groups attached to an aromatic ring is 2. The number of nitrogens with zero attached hydrogens (tertiary/aromatic N) is 4. The Morgan fingerprint density at radius 1 is 0.759 bits per heavy atom. The summed E-state index contributed by atoms with van der Waals surface area (Å²) in [6.07, 6.45) is 9.11. The van der Waals surface area contributed by atoms with Crippen molar-refractivity contribution in [1.82, 2.24) is 4.57 Å². The van der Waals surface area contributed by atoms with Crippen LogP contribution in [0, 0.1) is 0 Å². The summed E-state index contributed by atoms with van der Waals surface area (Å²) >= 11 is 0. The molecule has 2 fully saturated rings. The van der Waals surface area contributed by atoms with Crippen molar-refractivity contribution in [3.63, 3.8) is 0 Å². The lowest BCUT2D eigenvalue weighted by Gasteiger charge is -2.18. The second kappa shape index (κ2) is 7.35. The summed E-state index contributed by atoms with van der Waals surface area (Å²) in [5.41, 5.74) is 15.8. The maximum Gasteiger partial charge on any atom is 0.244 e. The van der Waals surface area contributed by atoms with Gasteiger partial charge >= 0.3 is 0 Å². The molecular formula is C23H29N6+. The van der Waals surface area contributed by atoms with Crippen LogP contribution in [0.4, 0.5) is 22.7 Å². The van der Waals surface area contributed by atoms with Gasteiger partial charge in [0.05, 0.1) is 13.1 Å². The number of hydrogen-bond acceptors (Lipinski definition) is 4. The summed E-state index contributed by atoms with van der Waals surface area (Å²) < 4.78 is 4.78. The predicted molar refractivity (Wildman–Crippen MR) is 118 cm³/mol. The molecule has 0 amide bonds. The molecule has 2 aromatic carbocycles. The number of rotatable bonds is 4. The molecule has 2 saturated heterocycles. The van der Waals surface area contributed by atoms with Gasteiger partial charge in [0.15, 0.2) is 0 Å². The minimum atomic E-state index is 0.517. The van der Waals surface area contributed by atoms with Crippen LogP contribution in [0.2, 0.25) is 0 Å². The molecule has 0 saturated carbocycles. The third kappa shape index (κ3) is 3.62. The Labute approximate surface area is 172 Å². The maximum absolute atomic E-state index is 5.83. The predicted octanol–water partition coefficient (Wildman–Crippen LogP) is 2.84. The Balaban J connectivity index is 1.23. The second-order valence-corrected chi connectivity index (χ2v) is 8.27. The van der Waals surface area contributed by atoms with E-state index >= 15 is 0 Å². The van der Waals surface area contributed by atoms with Crippen LogP contribution >= 0.6 is 0 Å². The summed E-state index contributed by atoms with van der Waals surface area (Å²) in [5, 5.41) is 0. The fraction of sp³-hybridized carbons (Fsp3) is 0.348. The summed E-state index contributed by atoms with van der Waals surface area (Å²) in [6, 6.07) is 17.5. The molecule has 0 spiro atoms. The highest BCUT2D eigenvalue weighted by Crippen LogP contribution is 2.28. The van der Waals surface area contributed by atoms with E-state index in [0.29, 0.717) is 12.1 Å². The van der Waals surface area contributed by atoms with Crippen LogP contribution in [-0.4, -0.2) is 30.7 Å². The van der Waals surface area contributed by atoms with Crippen molar-refractivity contribution in [2.24, 2.45) is 0 Å². The van der Waals surface area contributed by atoms with Crippen molar-refractivity contribution in [2.75, 3.05) is 47.4 Å². The topological polar surface area (TPSA) is 67.3 Å². The molecule has 0 radical (unpaired) electrons. The quantitative estimate of drug-likeness (QED) is 0.532. The van der Waals surface area contributed by atoms with Crippen molar-refractivity contribution in [2.45, 2.75) is 24.9 Å². The summed E-state index contributed by atoms with van der Waals surface area (Å²) in [6.45, 7) is 4.25. The van der Waals surface area contributed by atoms with E-state index in [0.717, 1.165) is 37.6 Å². The summed E-state index contributed by atoms with van der Waals surface area (Å²) in [5.74, 6) is 0. The first-order chi connectivity index (χ1) is 14.2. The number of anilines is 4. The number of nitrogens with two attached hydrogens (primary N) is 2. The summed E-state index contributed by atoms with van der Waals surface area (Å²) in [4.78, 5) is 4.90. The van der Waals surface area contributed by atoms with Crippen LogP contribution in [-0.2, 0) is 0 Å². The minimum Gasteiger partial charge on any atom is -0.399 e. The molecule has 2 unspecified atom stereocenters. The molecule has 0 bridgehead atoms. The zero-order valence-electron chi connectivity index (χ0n) is 16.7. The highest BCUT2D eigenvalue weighted by atomic mass is 15.3. The molecule has 3 aromatic rings. The Bertz CT molecular complexity index is 884. The van der Waals surface area contributed by atoms with Gasteiger partial charge in [-0.2, -0.15) is 0 Å². The molecule has 4 N–H and O–H groups in total. The largest absolute Gasteiger partial charge is 0.399 e. The van der Waals surface area contributed by atoms with Gasteiger partial charge in [-0.05, 0) is 48.5 Å². The maximum atomic E-state index is 5.83. The molecule has 1 aromatic heterocycles. The Morgan fingerprint density at radius 3 is 2.00 bits per heavy atom. The lowest BCUT2D eigenvalue weighted by atomic mass is 10.2. The van der Waals surface area contributed by atoms with Gasteiger partial charge in [0.1, 0.15) is 24.5 Å². The second-order valence-electron chi connectivity index (χ2n) is 8.27. The molecule has 0 aliphatic carbocycles. The molecule has 2 aliphatic heterocycles. The SMILES string of the molecule is Nc1ccc(N2CCC(n3cc[n+](C4CCN(c5ccc(N)cc5)C4)c3)C2)cc1. The Kier molecular flexibility index (Phi) is 4.54. The van der Waals surface area contributed by atoms with Crippen LogP contribution in [0.3, 0.4) is 0 Å². The van der Waals surface area contributed by atoms with Crippen LogP contribution in [0.1, 0.15) is 24.9 Å². The number of aromatic nitrogens is 2. The zero-order chi connectivity index (χ0) is 19.8. The monoisotopic (exact) mass is 389 g/mol. The van der Waals surface area contributed by atoms with E-state index in [2.05, 4.69) is 61.9 Å². The lowest BCUT2D eigenvalue weighted by molar-refractivity contribution is -0.718. The van der Waals surface area contributed by atoms with Crippen LogP contribution in [0.5, 0.6) is 0 Å². The van der Waals surface area contributed by atoms with Crippen LogP contribution < -0.4 is 25.8 Å². The first-order valence-corrected chi connectivity index (χ1v) is 10.4. The smallest absolute Gasteiger partial charge is 0.244 e. The molecule has 2 atom stereocenters. The molecular weight excluding hydrogens is 360 g/mol. The highest BCUT2D eigenvalue weighted by Gasteiger charge is 2.31. The highest BCUT2D eigenvalue weighted by molar-refractivity contribution is 5.54. The molecule has 29 heavy (non-hydrogen) atoms. The molecule has 6 heteroatoms. The van der Waals surface area contributed by atoms with Crippen LogP contribution in [0.15, 0.2) is 67.3 Å². The molecule has 150 valence electrons. The first-order valence-electron chi connectivity index (χ1n) is 10.4. The van der Waals surface area contributed by atoms with Gasteiger partial charge in [-0.25, -0.2) is 9.13 Å². The number of benzene rings is 2. The van der Waals surface area contributed by atoms with Crippen molar-refractivity contribution in [3.8, 4) is 0 Å². The summed E-state index contributed by atoms with van der Waals surface area (Å²) in [7, 11) is 0. The normalized spacial score (nSPS) is 21.8. The van der Waals surface area contributed by atoms with E-state index in [9.17, 15) is 0 Å². The molecule has 5 rings (SSSR count). The van der Waals surface area contributed by atoms with Gasteiger partial charge in [0, 0.05) is 48.7 Å². The van der Waals surface area contributed by atoms with Crippen molar-refractivity contribution in [1.29, 1.82) is 0 Å². The number of hydrogen-bond donors (Lipinski definition) is 2. The fourth-order valence-electron chi connectivity index (χ4n) is 4.63. The van der Waals surface area contributed by atoms with E-state index in [1.54, 1.807) is 0 Å². The van der Waals surface area contributed by atoms with E-state index in [4.69, 9.17) is 11.5 Å². The first kappa shape index (κ1) is 17.9. The standard InChI is InChI=1S/C23H29N6/c24-18-1-5-20(6-2-18)26-11-9-22(15-26)28-13-14-29(17-28)23-10-12-27(16-23)21-7-3-19(25)4-8-21/h1-8,13-14,17,22-23H,9-12,15-16,24-25H2/q+1. The lowest BCUT2D eigenvalue weighted by Crippen LogP contribution is -2.39. The van der Waals surface area contributed by atoms with Gasteiger partial charge < -0.3 is 21.3 Å². The number of imidazole rings is 1. The third-order valence-electron chi connectivity index (χ3n) is 6.36. The van der Waals surface area contributed by atoms with E-state index in [1.165, 1.54) is 24.2 Å². The van der Waals surface area contributed by atoms with Crippen LogP contribution in [0.25, 0.3) is 0 Å². The van der Waals surface area contributed by atoms with Gasteiger partial charge in [0.25, 0.3) is 0 Å². The van der Waals surface area contributed by atoms with Crippen molar-refractivity contribution < 1.29 is 4.57 Å². The average molecular weight is 390 g/mol. The van der Waals surface area contributed by atoms with Crippen molar-refractivity contribution >= 4 is 22.7 Å². The fourth-order valence-corrected chi connectivity index (χ4v) is 4.63. The van der Waals surface area contributed by atoms with E-state index < -0.39 is 0 Å². The average Bonchev–Trinajstić information content (AvgIpc) is 3.48. The van der Waals surface area contributed by atoms with Gasteiger partial charge in [0.2, 0.25) is 6.33 Å². The van der Waals surface area contributed by atoms with Gasteiger partial charge in [-0.3, -0.25) is 0 Å². The Hall–Kier alpha value is -3.15. The van der Waals surface area contributed by atoms with E-state index in [-0.39, 0.29) is 0 Å². The zero-order valence-corrected chi connectivity index (χ0v) is 16.7. The molecule has 2 aliphatic rings. The third-order valence-corrected chi connectivity index (χ3v) is 6.36. The minimum absolute atomic E-state index is 0.517. The molecule has 6 nitrogen and oxygen atoms in total. The Morgan fingerprint density at radius 2 is 1.34 bits per heavy atom. The van der Waals surface area contributed by atoms with Crippen molar-refractivity contribution in [3.05, 3.63) is 67.3 Å². The van der Waals surface area contributed by atoms with Gasteiger partial charge in [-0.15, -0.1) is 0 Å². The van der Waals surface area contributed by atoms with E-state index in [1.807, 2.05) is 24.3 Å². The van der Waals surface area contributed by atoms with Gasteiger partial charge in [-0.1, -0.05) is 0 Å².